The first-order valence-electron chi connectivity index (χ1n) is 20.2. The summed E-state index contributed by atoms with van der Waals surface area (Å²) in [6.07, 6.45) is 3.22. The summed E-state index contributed by atoms with van der Waals surface area (Å²) in [5.41, 5.74) is 9.85. The molecule has 0 spiro atoms. The van der Waals surface area contributed by atoms with Gasteiger partial charge in [0.2, 0.25) is 0 Å². The molecule has 0 fully saturated rings. The first-order chi connectivity index (χ1) is 28.8. The number of rotatable bonds is 6. The average Bonchev–Trinajstić information content (AvgIpc) is 3.94. The minimum absolute atomic E-state index is 0.242. The maximum atomic E-state index is 6.50. The van der Waals surface area contributed by atoms with E-state index >= 15 is 0 Å². The highest BCUT2D eigenvalue weighted by Gasteiger charge is 2.42. The summed E-state index contributed by atoms with van der Waals surface area (Å²) in [6, 6.07) is 76.3. The molecule has 1 aliphatic carbocycles. The second kappa shape index (κ2) is 13.0. The molecule has 10 aromatic rings. The van der Waals surface area contributed by atoms with Crippen LogP contribution in [-0.4, -0.2) is 17.2 Å². The molecule has 3 nitrogen and oxygen atoms in total. The first kappa shape index (κ1) is 33.0. The molecule has 1 unspecified atom stereocenters. The van der Waals surface area contributed by atoms with Crippen LogP contribution < -0.4 is 25.5 Å². The van der Waals surface area contributed by atoms with Gasteiger partial charge in [0.1, 0.15) is 11.5 Å². The van der Waals surface area contributed by atoms with E-state index < -0.39 is 8.07 Å². The molecule has 0 radical (unpaired) electrons. The van der Waals surface area contributed by atoms with Crippen molar-refractivity contribution in [3.8, 4) is 17.1 Å². The lowest BCUT2D eigenvalue weighted by Crippen LogP contribution is -2.74. The number of allylic oxidation sites excluding steroid dienone is 1. The summed E-state index contributed by atoms with van der Waals surface area (Å²) >= 11 is 0. The summed E-state index contributed by atoms with van der Waals surface area (Å²) in [5, 5.41) is 9.23. The molecule has 58 heavy (non-hydrogen) atoms. The van der Waals surface area contributed by atoms with Crippen molar-refractivity contribution < 1.29 is 4.74 Å². The molecule has 4 heteroatoms. The Morgan fingerprint density at radius 2 is 0.966 bits per heavy atom. The molecule has 3 heterocycles. The van der Waals surface area contributed by atoms with Gasteiger partial charge >= 0.3 is 0 Å². The summed E-state index contributed by atoms with van der Waals surface area (Å²) in [6.45, 7) is 0. The highest BCUT2D eigenvalue weighted by atomic mass is 28.3. The van der Waals surface area contributed by atoms with Crippen molar-refractivity contribution in [1.29, 1.82) is 0 Å². The Balaban J connectivity index is 1.09. The Kier molecular flexibility index (Phi) is 7.38. The van der Waals surface area contributed by atoms with E-state index in [9.17, 15) is 0 Å². The number of para-hydroxylation sites is 4. The van der Waals surface area contributed by atoms with Gasteiger partial charge in [-0.2, -0.15) is 0 Å². The fraction of sp³-hybridized carbons (Fsp3) is 0.0370. The van der Waals surface area contributed by atoms with Crippen LogP contribution in [0, 0.1) is 0 Å². The van der Waals surface area contributed by atoms with E-state index in [4.69, 9.17) is 4.74 Å². The van der Waals surface area contributed by atoms with E-state index in [1.807, 2.05) is 0 Å². The largest absolute Gasteiger partial charge is 0.461 e. The SMILES string of the molecule is C1=C2Oc3ccccc3C2Cc2c1n(-c1ccc([Si](c3ccccc3)(c3ccccc3)c3ccc4c5ccccc5n(-c5ccccc5)c4c3)cc1)c1ccccc21. The molecule has 0 bridgehead atoms. The van der Waals surface area contributed by atoms with Crippen LogP contribution in [0.5, 0.6) is 5.75 Å². The van der Waals surface area contributed by atoms with E-state index in [0.29, 0.717) is 0 Å². The van der Waals surface area contributed by atoms with Crippen LogP contribution in [0.1, 0.15) is 22.7 Å². The lowest BCUT2D eigenvalue weighted by Gasteiger charge is -2.34. The van der Waals surface area contributed by atoms with Crippen LogP contribution in [0.3, 0.4) is 0 Å². The third-order valence-corrected chi connectivity index (χ3v) is 17.4. The molecule has 0 N–H and O–H groups in total. The van der Waals surface area contributed by atoms with Crippen molar-refractivity contribution in [2.45, 2.75) is 12.3 Å². The molecule has 0 amide bonds. The molecule has 12 rings (SSSR count). The number of nitrogens with zero attached hydrogens (tertiary/aromatic N) is 2. The molecule has 1 aliphatic heterocycles. The van der Waals surface area contributed by atoms with Gasteiger partial charge in [0.05, 0.1) is 28.2 Å². The van der Waals surface area contributed by atoms with Crippen molar-refractivity contribution >= 4 is 67.6 Å². The highest BCUT2D eigenvalue weighted by Crippen LogP contribution is 2.48. The minimum Gasteiger partial charge on any atom is -0.461 e. The number of aromatic nitrogens is 2. The standard InChI is InChI=1S/C54H38N2OSi/c1-4-16-37(17-5-1)55-49-25-13-10-22-43(49)45-33-32-42(34-51(45)55)58(39-18-6-2-7-19-39,40-20-8-3-9-21-40)41-30-28-38(29-31-41)56-50-26-14-11-23-44(50)47-35-48-46-24-12-15-27-53(46)57-54(48)36-52(47)56/h1-34,36,48H,35H2. The smallest absolute Gasteiger partial charge is 0.179 e. The fourth-order valence-corrected chi connectivity index (χ4v) is 14.9. The van der Waals surface area contributed by atoms with Crippen molar-refractivity contribution in [2.75, 3.05) is 0 Å². The van der Waals surface area contributed by atoms with Gasteiger partial charge in [-0.25, -0.2) is 0 Å². The van der Waals surface area contributed by atoms with E-state index in [-0.39, 0.29) is 5.92 Å². The van der Waals surface area contributed by atoms with Gasteiger partial charge in [0.25, 0.3) is 0 Å². The molecule has 8 aromatic carbocycles. The topological polar surface area (TPSA) is 19.1 Å². The summed E-state index contributed by atoms with van der Waals surface area (Å²) in [7, 11) is -2.89. The third kappa shape index (κ3) is 4.79. The van der Waals surface area contributed by atoms with Gasteiger partial charge in [-0.05, 0) is 81.3 Å². The van der Waals surface area contributed by atoms with Crippen LogP contribution in [-0.2, 0) is 6.42 Å². The third-order valence-electron chi connectivity index (χ3n) is 12.7. The lowest BCUT2D eigenvalue weighted by molar-refractivity contribution is 0.429. The number of ether oxygens (including phenoxy) is 1. The Labute approximate surface area is 338 Å². The lowest BCUT2D eigenvalue weighted by atomic mass is 9.86. The average molecular weight is 759 g/mol. The maximum Gasteiger partial charge on any atom is 0.179 e. The Morgan fingerprint density at radius 3 is 1.69 bits per heavy atom. The highest BCUT2D eigenvalue weighted by molar-refractivity contribution is 7.20. The second-order valence-electron chi connectivity index (χ2n) is 15.6. The summed E-state index contributed by atoms with van der Waals surface area (Å²) in [5.74, 6) is 2.26. The van der Waals surface area contributed by atoms with Crippen molar-refractivity contribution in [3.05, 3.63) is 229 Å². The maximum absolute atomic E-state index is 6.50. The number of hydrogen-bond acceptors (Lipinski definition) is 1. The van der Waals surface area contributed by atoms with Crippen molar-refractivity contribution in [3.63, 3.8) is 0 Å². The quantitative estimate of drug-likeness (QED) is 0.122. The zero-order valence-electron chi connectivity index (χ0n) is 31.8. The molecule has 2 aliphatic rings. The van der Waals surface area contributed by atoms with Crippen LogP contribution >= 0.6 is 0 Å². The molecular weight excluding hydrogens is 721 g/mol. The first-order valence-corrected chi connectivity index (χ1v) is 22.2. The van der Waals surface area contributed by atoms with E-state index in [0.717, 1.165) is 29.3 Å². The van der Waals surface area contributed by atoms with E-state index in [2.05, 4.69) is 221 Å². The van der Waals surface area contributed by atoms with E-state index in [1.165, 1.54) is 70.3 Å². The van der Waals surface area contributed by atoms with Crippen LogP contribution in [0.25, 0.3) is 50.2 Å². The summed E-state index contributed by atoms with van der Waals surface area (Å²) in [4.78, 5) is 0. The predicted molar refractivity (Wildman–Crippen MR) is 243 cm³/mol. The van der Waals surface area contributed by atoms with Gasteiger partial charge < -0.3 is 13.9 Å². The van der Waals surface area contributed by atoms with Crippen LogP contribution in [0.2, 0.25) is 0 Å². The number of hydrogen-bond donors (Lipinski definition) is 0. The second-order valence-corrected chi connectivity index (χ2v) is 19.4. The predicted octanol–water partition coefficient (Wildman–Crippen LogP) is 10.2. The van der Waals surface area contributed by atoms with Crippen molar-refractivity contribution in [1.82, 2.24) is 9.13 Å². The Bertz CT molecular complexity index is 3180. The molecule has 0 saturated carbocycles. The van der Waals surface area contributed by atoms with E-state index in [1.54, 1.807) is 0 Å². The zero-order chi connectivity index (χ0) is 38.2. The van der Waals surface area contributed by atoms with Crippen molar-refractivity contribution in [2.24, 2.45) is 0 Å². The van der Waals surface area contributed by atoms with Gasteiger partial charge in [0, 0.05) is 39.2 Å². The molecule has 0 saturated heterocycles. The molecule has 2 aromatic heterocycles. The van der Waals surface area contributed by atoms with Gasteiger partial charge in [-0.3, -0.25) is 0 Å². The number of benzene rings is 8. The molecule has 274 valence electrons. The summed E-state index contributed by atoms with van der Waals surface area (Å²) < 4.78 is 11.4. The Hall–Kier alpha value is -7.14. The minimum atomic E-state index is -2.89. The number of fused-ring (bicyclic) bond motifs is 9. The fourth-order valence-electron chi connectivity index (χ4n) is 10.2. The Morgan fingerprint density at radius 1 is 0.431 bits per heavy atom. The zero-order valence-corrected chi connectivity index (χ0v) is 32.8. The van der Waals surface area contributed by atoms with Gasteiger partial charge in [-0.15, -0.1) is 0 Å². The molecular formula is C54H38N2OSi. The monoisotopic (exact) mass is 758 g/mol. The normalized spacial score (nSPS) is 14.6. The van der Waals surface area contributed by atoms with Gasteiger partial charge in [-0.1, -0.05) is 158 Å². The van der Waals surface area contributed by atoms with Gasteiger partial charge in [0.15, 0.2) is 8.07 Å². The van der Waals surface area contributed by atoms with Crippen LogP contribution in [0.4, 0.5) is 0 Å². The van der Waals surface area contributed by atoms with Crippen LogP contribution in [0.15, 0.2) is 212 Å². The molecule has 1 atom stereocenters.